The molecule has 3 aromatic carbocycles. The van der Waals surface area contributed by atoms with Crippen LogP contribution in [-0.4, -0.2) is 42.6 Å². The molecule has 0 radical (unpaired) electrons. The molecule has 9 heteroatoms. The van der Waals surface area contributed by atoms with Gasteiger partial charge in [0.15, 0.2) is 5.13 Å². The Hall–Kier alpha value is -4.37. The number of fused-ring (bicyclic) bond motifs is 1. The zero-order chi connectivity index (χ0) is 26.1. The number of benzene rings is 3. The molecule has 1 aromatic heterocycles. The highest BCUT2D eigenvalue weighted by Crippen LogP contribution is 2.45. The Bertz CT molecular complexity index is 1530. The number of ether oxygens (including phenoxy) is 3. The number of aromatic nitrogens is 1. The first kappa shape index (κ1) is 24.3. The molecule has 1 aliphatic rings. The summed E-state index contributed by atoms with van der Waals surface area (Å²) in [5.41, 5.74) is 1.63. The summed E-state index contributed by atoms with van der Waals surface area (Å²) in [7, 11) is 3.11. The minimum Gasteiger partial charge on any atom is -0.507 e. The number of carbonyl (C=O) groups is 2. The largest absolute Gasteiger partial charge is 0.507 e. The number of ketones is 1. The molecule has 1 N–H and O–H groups in total. The number of Topliss-reactive ketones (excluding diaryl/α,β-unsaturated/α-hetero) is 1. The van der Waals surface area contributed by atoms with Crippen molar-refractivity contribution in [1.29, 1.82) is 0 Å². The third kappa shape index (κ3) is 4.38. The van der Waals surface area contributed by atoms with Gasteiger partial charge in [0.05, 0.1) is 42.7 Å². The predicted octanol–water partition coefficient (Wildman–Crippen LogP) is 5.34. The Morgan fingerprint density at radius 2 is 1.68 bits per heavy atom. The summed E-state index contributed by atoms with van der Waals surface area (Å²) in [5, 5.41) is 11.7. The summed E-state index contributed by atoms with van der Waals surface area (Å²) < 4.78 is 17.0. The number of hydrogen-bond acceptors (Lipinski definition) is 8. The first-order chi connectivity index (χ1) is 17.9. The lowest BCUT2D eigenvalue weighted by atomic mass is 9.95. The third-order valence-electron chi connectivity index (χ3n) is 6.08. The van der Waals surface area contributed by atoms with Crippen molar-refractivity contribution < 1.29 is 28.9 Å². The Balaban J connectivity index is 1.68. The zero-order valence-corrected chi connectivity index (χ0v) is 21.2. The van der Waals surface area contributed by atoms with Crippen LogP contribution in [0.25, 0.3) is 16.0 Å². The second-order valence-electron chi connectivity index (χ2n) is 8.23. The SMILES string of the molecule is CCOc1ccc(/C(O)=C2\C(=O)C(=O)N(c3nc4ccc(OC)cc4s3)[C@@H]2c2cccc(OC)c2)cc1. The number of anilines is 1. The van der Waals surface area contributed by atoms with Crippen LogP contribution in [0.3, 0.4) is 0 Å². The molecule has 0 bridgehead atoms. The van der Waals surface area contributed by atoms with Crippen molar-refractivity contribution >= 4 is 44.1 Å². The average molecular weight is 517 g/mol. The molecule has 1 amide bonds. The molecular formula is C28H24N2O6S. The van der Waals surface area contributed by atoms with Gasteiger partial charge in [0.1, 0.15) is 23.0 Å². The van der Waals surface area contributed by atoms with Crippen LogP contribution in [0.2, 0.25) is 0 Å². The van der Waals surface area contributed by atoms with E-state index in [-0.39, 0.29) is 11.3 Å². The quantitative estimate of drug-likeness (QED) is 0.201. The standard InChI is InChI=1S/C28H24N2O6S/c1-4-36-18-10-8-16(9-11-18)25(31)23-24(17-6-5-7-19(14-17)34-2)30(27(33)26(23)32)28-29-21-13-12-20(35-3)15-22(21)37-28/h5-15,24,31H,4H2,1-3H3/b25-23+/t24-/m1/s1. The van der Waals surface area contributed by atoms with Gasteiger partial charge in [-0.25, -0.2) is 4.98 Å². The minimum atomic E-state index is -0.913. The Morgan fingerprint density at radius 3 is 2.38 bits per heavy atom. The molecular weight excluding hydrogens is 492 g/mol. The molecule has 0 aliphatic carbocycles. The van der Waals surface area contributed by atoms with E-state index in [1.807, 2.05) is 13.0 Å². The van der Waals surface area contributed by atoms with Crippen molar-refractivity contribution in [3.63, 3.8) is 0 Å². The lowest BCUT2D eigenvalue weighted by Gasteiger charge is -2.23. The summed E-state index contributed by atoms with van der Waals surface area (Å²) in [6, 6.07) is 18.3. The van der Waals surface area contributed by atoms with Crippen LogP contribution in [0.15, 0.2) is 72.3 Å². The van der Waals surface area contributed by atoms with Gasteiger partial charge in [-0.05, 0) is 67.1 Å². The molecule has 5 rings (SSSR count). The number of carbonyl (C=O) groups excluding carboxylic acids is 2. The van der Waals surface area contributed by atoms with E-state index in [1.165, 1.54) is 23.3 Å². The highest BCUT2D eigenvalue weighted by molar-refractivity contribution is 7.22. The van der Waals surface area contributed by atoms with Gasteiger partial charge < -0.3 is 19.3 Å². The van der Waals surface area contributed by atoms with Gasteiger partial charge in [0, 0.05) is 5.56 Å². The van der Waals surface area contributed by atoms with Gasteiger partial charge in [-0.15, -0.1) is 0 Å². The van der Waals surface area contributed by atoms with E-state index >= 15 is 0 Å². The third-order valence-corrected chi connectivity index (χ3v) is 7.10. The van der Waals surface area contributed by atoms with E-state index in [0.29, 0.717) is 45.6 Å². The zero-order valence-electron chi connectivity index (χ0n) is 20.4. The van der Waals surface area contributed by atoms with Gasteiger partial charge in [0.2, 0.25) is 0 Å². The summed E-state index contributed by atoms with van der Waals surface area (Å²) in [4.78, 5) is 32.8. The van der Waals surface area contributed by atoms with Crippen LogP contribution in [0.1, 0.15) is 24.1 Å². The minimum absolute atomic E-state index is 0.0285. The molecule has 37 heavy (non-hydrogen) atoms. The fourth-order valence-corrected chi connectivity index (χ4v) is 5.33. The van der Waals surface area contributed by atoms with Crippen molar-refractivity contribution in [1.82, 2.24) is 4.98 Å². The summed E-state index contributed by atoms with van der Waals surface area (Å²) in [6.45, 7) is 2.38. The number of aliphatic hydroxyl groups is 1. The van der Waals surface area contributed by atoms with Crippen LogP contribution in [0, 0.1) is 0 Å². The monoisotopic (exact) mass is 516 g/mol. The number of amides is 1. The fraction of sp³-hybridized carbons (Fsp3) is 0.179. The van der Waals surface area contributed by atoms with Crippen molar-refractivity contribution in [3.8, 4) is 17.2 Å². The van der Waals surface area contributed by atoms with E-state index in [9.17, 15) is 14.7 Å². The van der Waals surface area contributed by atoms with Gasteiger partial charge in [-0.3, -0.25) is 14.5 Å². The lowest BCUT2D eigenvalue weighted by Crippen LogP contribution is -2.29. The average Bonchev–Trinajstić information content (AvgIpc) is 3.46. The maximum Gasteiger partial charge on any atom is 0.301 e. The van der Waals surface area contributed by atoms with Crippen molar-refractivity contribution in [2.45, 2.75) is 13.0 Å². The second-order valence-corrected chi connectivity index (χ2v) is 9.24. The normalized spacial score (nSPS) is 16.8. The molecule has 1 aliphatic heterocycles. The lowest BCUT2D eigenvalue weighted by molar-refractivity contribution is -0.132. The number of thiazole rings is 1. The number of rotatable bonds is 7. The highest BCUT2D eigenvalue weighted by Gasteiger charge is 2.48. The Labute approximate surface area is 217 Å². The van der Waals surface area contributed by atoms with Gasteiger partial charge in [-0.2, -0.15) is 0 Å². The van der Waals surface area contributed by atoms with Crippen molar-refractivity contribution in [3.05, 3.63) is 83.4 Å². The van der Waals surface area contributed by atoms with Gasteiger partial charge in [-0.1, -0.05) is 23.5 Å². The van der Waals surface area contributed by atoms with Crippen LogP contribution in [0.5, 0.6) is 17.2 Å². The summed E-state index contributed by atoms with van der Waals surface area (Å²) in [6.07, 6.45) is 0. The Kier molecular flexibility index (Phi) is 6.54. The first-order valence-electron chi connectivity index (χ1n) is 11.6. The topological polar surface area (TPSA) is 98.2 Å². The van der Waals surface area contributed by atoms with E-state index in [2.05, 4.69) is 4.98 Å². The maximum absolute atomic E-state index is 13.5. The molecule has 4 aromatic rings. The molecule has 0 saturated carbocycles. The maximum atomic E-state index is 13.5. The molecule has 1 saturated heterocycles. The van der Waals surface area contributed by atoms with E-state index in [4.69, 9.17) is 14.2 Å². The molecule has 0 spiro atoms. The molecule has 0 unspecified atom stereocenters. The van der Waals surface area contributed by atoms with Crippen molar-refractivity contribution in [2.75, 3.05) is 25.7 Å². The molecule has 8 nitrogen and oxygen atoms in total. The molecule has 1 atom stereocenters. The van der Waals surface area contributed by atoms with Gasteiger partial charge in [0.25, 0.3) is 5.78 Å². The number of aliphatic hydroxyl groups excluding tert-OH is 1. The molecule has 2 heterocycles. The van der Waals surface area contributed by atoms with Crippen LogP contribution >= 0.6 is 11.3 Å². The number of methoxy groups -OCH3 is 2. The van der Waals surface area contributed by atoms with Crippen LogP contribution < -0.4 is 19.1 Å². The van der Waals surface area contributed by atoms with Crippen LogP contribution in [-0.2, 0) is 9.59 Å². The van der Waals surface area contributed by atoms with Gasteiger partial charge >= 0.3 is 5.91 Å². The predicted molar refractivity (Wildman–Crippen MR) is 142 cm³/mol. The first-order valence-corrected chi connectivity index (χ1v) is 12.4. The second kappa shape index (κ2) is 9.94. The number of nitrogens with zero attached hydrogens (tertiary/aromatic N) is 2. The van der Waals surface area contributed by atoms with Crippen molar-refractivity contribution in [2.24, 2.45) is 0 Å². The van der Waals surface area contributed by atoms with Crippen LogP contribution in [0.4, 0.5) is 5.13 Å². The summed E-state index contributed by atoms with van der Waals surface area (Å²) >= 11 is 1.26. The van der Waals surface area contributed by atoms with E-state index < -0.39 is 17.7 Å². The highest BCUT2D eigenvalue weighted by atomic mass is 32.1. The van der Waals surface area contributed by atoms with E-state index in [1.54, 1.807) is 67.8 Å². The Morgan fingerprint density at radius 1 is 0.973 bits per heavy atom. The fourth-order valence-electron chi connectivity index (χ4n) is 4.31. The smallest absolute Gasteiger partial charge is 0.301 e. The molecule has 1 fully saturated rings. The number of hydrogen-bond donors (Lipinski definition) is 1. The van der Waals surface area contributed by atoms with E-state index in [0.717, 1.165) is 4.70 Å². The summed E-state index contributed by atoms with van der Waals surface area (Å²) in [5.74, 6) is -0.00147. The molecule has 188 valence electrons.